The number of hydrogen-bond donors (Lipinski definition) is 1. The predicted molar refractivity (Wildman–Crippen MR) is 69.8 cm³/mol. The van der Waals surface area contributed by atoms with Gasteiger partial charge in [-0.05, 0) is 32.9 Å². The number of carbonyl (C=O) groups excluding carboxylic acids is 1. The highest BCUT2D eigenvalue weighted by molar-refractivity contribution is 7.99. The Labute approximate surface area is 106 Å². The fourth-order valence-electron chi connectivity index (χ4n) is 1.11. The van der Waals surface area contributed by atoms with Crippen LogP contribution in [0.4, 0.5) is 5.69 Å². The van der Waals surface area contributed by atoms with Crippen molar-refractivity contribution in [3.63, 3.8) is 0 Å². The molecule has 2 N–H and O–H groups in total. The minimum absolute atomic E-state index is 0.180. The number of nitrogens with zero attached hydrogens (tertiary/aromatic N) is 1. The summed E-state index contributed by atoms with van der Waals surface area (Å²) < 4.78 is 5.20. The summed E-state index contributed by atoms with van der Waals surface area (Å²) in [5.74, 6) is 0.478. The zero-order valence-corrected chi connectivity index (χ0v) is 11.2. The monoisotopic (exact) mass is 254 g/mol. The molecule has 0 aliphatic carbocycles. The third kappa shape index (κ3) is 6.16. The molecule has 5 heteroatoms. The van der Waals surface area contributed by atoms with Gasteiger partial charge < -0.3 is 10.5 Å². The van der Waals surface area contributed by atoms with Gasteiger partial charge in [0.15, 0.2) is 0 Å². The van der Waals surface area contributed by atoms with Gasteiger partial charge >= 0.3 is 5.97 Å². The van der Waals surface area contributed by atoms with Gasteiger partial charge in [-0.15, -0.1) is 11.8 Å². The van der Waals surface area contributed by atoms with Crippen LogP contribution in [0.15, 0.2) is 23.4 Å². The number of carbonyl (C=O) groups is 1. The third-order valence-electron chi connectivity index (χ3n) is 1.74. The SMILES string of the molecule is CC(C)(C)OC(=O)CCSc1ccc(N)cn1. The maximum Gasteiger partial charge on any atom is 0.307 e. The second-order valence-corrected chi connectivity index (χ2v) is 5.73. The van der Waals surface area contributed by atoms with Crippen molar-refractivity contribution in [2.24, 2.45) is 0 Å². The van der Waals surface area contributed by atoms with Gasteiger partial charge in [0.25, 0.3) is 0 Å². The molecule has 0 atom stereocenters. The second kappa shape index (κ2) is 5.91. The van der Waals surface area contributed by atoms with Crippen molar-refractivity contribution in [1.29, 1.82) is 0 Å². The summed E-state index contributed by atoms with van der Waals surface area (Å²) in [5.41, 5.74) is 5.75. The van der Waals surface area contributed by atoms with E-state index in [1.54, 1.807) is 12.3 Å². The summed E-state index contributed by atoms with van der Waals surface area (Å²) >= 11 is 1.52. The van der Waals surface area contributed by atoms with Gasteiger partial charge in [0.1, 0.15) is 5.60 Å². The van der Waals surface area contributed by atoms with Crippen LogP contribution in [0.25, 0.3) is 0 Å². The molecule has 4 nitrogen and oxygen atoms in total. The van der Waals surface area contributed by atoms with E-state index in [1.807, 2.05) is 26.8 Å². The average molecular weight is 254 g/mol. The van der Waals surface area contributed by atoms with Crippen LogP contribution in [0.1, 0.15) is 27.2 Å². The quantitative estimate of drug-likeness (QED) is 0.660. The minimum Gasteiger partial charge on any atom is -0.460 e. The largest absolute Gasteiger partial charge is 0.460 e. The summed E-state index contributed by atoms with van der Waals surface area (Å²) in [4.78, 5) is 15.6. The van der Waals surface area contributed by atoms with E-state index in [2.05, 4.69) is 4.98 Å². The van der Waals surface area contributed by atoms with Gasteiger partial charge in [-0.1, -0.05) is 0 Å². The first-order valence-corrected chi connectivity index (χ1v) is 6.41. The molecule has 0 radical (unpaired) electrons. The number of nitrogen functional groups attached to an aromatic ring is 1. The molecule has 0 aliphatic heterocycles. The molecule has 17 heavy (non-hydrogen) atoms. The van der Waals surface area contributed by atoms with E-state index in [0.29, 0.717) is 17.9 Å². The molecule has 0 aromatic carbocycles. The van der Waals surface area contributed by atoms with Crippen LogP contribution < -0.4 is 5.73 Å². The van der Waals surface area contributed by atoms with Crippen LogP contribution in [0.2, 0.25) is 0 Å². The fourth-order valence-corrected chi connectivity index (χ4v) is 1.88. The van der Waals surface area contributed by atoms with Crippen LogP contribution in [-0.2, 0) is 9.53 Å². The average Bonchev–Trinajstić information content (AvgIpc) is 2.18. The number of nitrogens with two attached hydrogens (primary N) is 1. The lowest BCUT2D eigenvalue weighted by Crippen LogP contribution is -2.24. The molecule has 0 saturated heterocycles. The minimum atomic E-state index is -0.415. The highest BCUT2D eigenvalue weighted by Crippen LogP contribution is 2.17. The number of hydrogen-bond acceptors (Lipinski definition) is 5. The highest BCUT2D eigenvalue weighted by atomic mass is 32.2. The standard InChI is InChI=1S/C12H18N2O2S/c1-12(2,3)16-11(15)6-7-17-10-5-4-9(13)8-14-10/h4-5,8H,6-7,13H2,1-3H3. The van der Waals surface area contributed by atoms with Crippen molar-refractivity contribution < 1.29 is 9.53 Å². The lowest BCUT2D eigenvalue weighted by Gasteiger charge is -2.19. The van der Waals surface area contributed by atoms with Crippen molar-refractivity contribution in [1.82, 2.24) is 4.98 Å². The zero-order valence-electron chi connectivity index (χ0n) is 10.4. The zero-order chi connectivity index (χ0) is 12.9. The summed E-state index contributed by atoms with van der Waals surface area (Å²) in [6.07, 6.45) is 1.99. The first-order chi connectivity index (χ1) is 7.87. The van der Waals surface area contributed by atoms with Gasteiger partial charge in [0.2, 0.25) is 0 Å². The fraction of sp³-hybridized carbons (Fsp3) is 0.500. The number of ether oxygens (including phenoxy) is 1. The number of esters is 1. The number of anilines is 1. The Morgan fingerprint density at radius 1 is 1.47 bits per heavy atom. The molecule has 0 spiro atoms. The molecule has 0 saturated carbocycles. The molecule has 0 amide bonds. The Balaban J connectivity index is 2.28. The highest BCUT2D eigenvalue weighted by Gasteiger charge is 2.15. The van der Waals surface area contributed by atoms with Gasteiger partial charge in [0.05, 0.1) is 23.3 Å². The van der Waals surface area contributed by atoms with Gasteiger partial charge in [-0.25, -0.2) is 4.98 Å². The van der Waals surface area contributed by atoms with Crippen molar-refractivity contribution in [2.45, 2.75) is 37.8 Å². The van der Waals surface area contributed by atoms with Crippen molar-refractivity contribution in [3.05, 3.63) is 18.3 Å². The molecular formula is C12H18N2O2S. The molecule has 1 heterocycles. The first kappa shape index (κ1) is 13.8. The number of pyridine rings is 1. The maximum absolute atomic E-state index is 11.4. The molecule has 94 valence electrons. The number of aromatic nitrogens is 1. The molecule has 0 fully saturated rings. The predicted octanol–water partition coefficient (Wildman–Crippen LogP) is 2.49. The molecule has 0 bridgehead atoms. The van der Waals surface area contributed by atoms with Crippen LogP contribution in [-0.4, -0.2) is 22.3 Å². The first-order valence-electron chi connectivity index (χ1n) is 5.43. The Morgan fingerprint density at radius 3 is 2.71 bits per heavy atom. The van der Waals surface area contributed by atoms with Crippen LogP contribution in [0.5, 0.6) is 0 Å². The Bertz CT molecular complexity index is 371. The van der Waals surface area contributed by atoms with E-state index >= 15 is 0 Å². The summed E-state index contributed by atoms with van der Waals surface area (Å²) in [6.45, 7) is 5.58. The van der Waals surface area contributed by atoms with Crippen molar-refractivity contribution >= 4 is 23.4 Å². The van der Waals surface area contributed by atoms with Crippen molar-refractivity contribution in [3.8, 4) is 0 Å². The van der Waals surface area contributed by atoms with E-state index in [0.717, 1.165) is 5.03 Å². The van der Waals surface area contributed by atoms with Gasteiger partial charge in [0, 0.05) is 5.75 Å². The Morgan fingerprint density at radius 2 is 2.18 bits per heavy atom. The van der Waals surface area contributed by atoms with Crippen molar-refractivity contribution in [2.75, 3.05) is 11.5 Å². The van der Waals surface area contributed by atoms with Crippen LogP contribution in [0.3, 0.4) is 0 Å². The molecule has 0 unspecified atom stereocenters. The maximum atomic E-state index is 11.4. The summed E-state index contributed by atoms with van der Waals surface area (Å²) in [6, 6.07) is 3.64. The van der Waals surface area contributed by atoms with E-state index in [9.17, 15) is 4.79 Å². The van der Waals surface area contributed by atoms with E-state index < -0.39 is 5.60 Å². The van der Waals surface area contributed by atoms with E-state index in [-0.39, 0.29) is 5.97 Å². The Hall–Kier alpha value is -1.23. The van der Waals surface area contributed by atoms with E-state index in [4.69, 9.17) is 10.5 Å². The second-order valence-electron chi connectivity index (χ2n) is 4.61. The summed E-state index contributed by atoms with van der Waals surface area (Å²) in [7, 11) is 0. The van der Waals surface area contributed by atoms with Crippen LogP contribution >= 0.6 is 11.8 Å². The van der Waals surface area contributed by atoms with Crippen LogP contribution in [0, 0.1) is 0 Å². The lowest BCUT2D eigenvalue weighted by atomic mass is 10.2. The molecule has 0 aliphatic rings. The normalized spacial score (nSPS) is 11.2. The Kier molecular flexibility index (Phi) is 4.81. The molecular weight excluding hydrogens is 236 g/mol. The molecule has 1 aromatic heterocycles. The third-order valence-corrected chi connectivity index (χ3v) is 2.68. The lowest BCUT2D eigenvalue weighted by molar-refractivity contribution is -0.154. The van der Waals surface area contributed by atoms with Gasteiger partial charge in [-0.2, -0.15) is 0 Å². The van der Waals surface area contributed by atoms with Gasteiger partial charge in [-0.3, -0.25) is 4.79 Å². The molecule has 1 rings (SSSR count). The topological polar surface area (TPSA) is 65.2 Å². The smallest absolute Gasteiger partial charge is 0.307 e. The number of rotatable bonds is 4. The van der Waals surface area contributed by atoms with E-state index in [1.165, 1.54) is 11.8 Å². The summed E-state index contributed by atoms with van der Waals surface area (Å²) in [5, 5.41) is 0.864. The number of thioether (sulfide) groups is 1. The molecule has 1 aromatic rings.